The van der Waals surface area contributed by atoms with Gasteiger partial charge in [-0.3, -0.25) is 9.10 Å². The summed E-state index contributed by atoms with van der Waals surface area (Å²) in [5.74, 6) is -0.00669. The van der Waals surface area contributed by atoms with Crippen molar-refractivity contribution in [2.24, 2.45) is 0 Å². The summed E-state index contributed by atoms with van der Waals surface area (Å²) in [5.41, 5.74) is 3.60. The van der Waals surface area contributed by atoms with Gasteiger partial charge in [0.15, 0.2) is 6.10 Å². The lowest BCUT2D eigenvalue weighted by Crippen LogP contribution is -2.51. The van der Waals surface area contributed by atoms with Gasteiger partial charge >= 0.3 is 0 Å². The summed E-state index contributed by atoms with van der Waals surface area (Å²) in [5, 5.41) is 2.99. The van der Waals surface area contributed by atoms with Gasteiger partial charge in [0, 0.05) is 0 Å². The third-order valence-electron chi connectivity index (χ3n) is 6.27. The van der Waals surface area contributed by atoms with Gasteiger partial charge in [0.2, 0.25) is 0 Å². The van der Waals surface area contributed by atoms with Crippen molar-refractivity contribution in [2.45, 2.75) is 57.1 Å². The summed E-state index contributed by atoms with van der Waals surface area (Å²) in [7, 11) is -3.88. The minimum Gasteiger partial charge on any atom is -0.476 e. The maximum atomic E-state index is 13.5. The Morgan fingerprint density at radius 3 is 2.26 bits per heavy atom. The van der Waals surface area contributed by atoms with Crippen LogP contribution in [0.3, 0.4) is 0 Å². The zero-order valence-corrected chi connectivity index (χ0v) is 21.6. The molecule has 184 valence electrons. The summed E-state index contributed by atoms with van der Waals surface area (Å²) in [6.07, 6.45) is -0.985. The third-order valence-corrected chi connectivity index (χ3v) is 8.07. The number of anilines is 1. The van der Waals surface area contributed by atoms with Crippen LogP contribution >= 0.6 is 0 Å². The molecular formula is C28H32N2O4S. The van der Waals surface area contributed by atoms with Gasteiger partial charge in [0.25, 0.3) is 15.9 Å². The van der Waals surface area contributed by atoms with Gasteiger partial charge in [-0.25, -0.2) is 8.42 Å². The van der Waals surface area contributed by atoms with E-state index in [9.17, 15) is 13.2 Å². The predicted molar refractivity (Wildman–Crippen MR) is 138 cm³/mol. The number of carbonyl (C=O) groups is 1. The molecule has 1 aliphatic rings. The summed E-state index contributed by atoms with van der Waals surface area (Å²) in [6.45, 7) is 10.2. The van der Waals surface area contributed by atoms with Gasteiger partial charge in [0.05, 0.1) is 23.2 Å². The molecule has 1 heterocycles. The maximum Gasteiger partial charge on any atom is 0.264 e. The minimum absolute atomic E-state index is 0.0424. The summed E-state index contributed by atoms with van der Waals surface area (Å²) in [4.78, 5) is 13.4. The number of nitrogens with zero attached hydrogens (tertiary/aromatic N) is 1. The Morgan fingerprint density at radius 1 is 1.00 bits per heavy atom. The van der Waals surface area contributed by atoms with Gasteiger partial charge in [-0.15, -0.1) is 0 Å². The molecule has 0 radical (unpaired) electrons. The smallest absolute Gasteiger partial charge is 0.264 e. The number of aryl methyl sites for hydroxylation is 1. The number of hydrogen-bond donors (Lipinski definition) is 1. The Balaban J connectivity index is 1.57. The molecule has 0 fully saturated rings. The predicted octanol–water partition coefficient (Wildman–Crippen LogP) is 5.13. The number of hydrogen-bond acceptors (Lipinski definition) is 4. The molecule has 4 rings (SSSR count). The summed E-state index contributed by atoms with van der Waals surface area (Å²) >= 11 is 0. The van der Waals surface area contributed by atoms with Crippen LogP contribution in [0.1, 0.15) is 50.4 Å². The zero-order valence-electron chi connectivity index (χ0n) is 20.8. The number of benzene rings is 3. The Labute approximate surface area is 208 Å². The number of fused-ring (bicyclic) bond motifs is 1. The lowest BCUT2D eigenvalue weighted by molar-refractivity contribution is -0.128. The highest BCUT2D eigenvalue weighted by atomic mass is 32.2. The number of carbonyl (C=O) groups excluding carboxylic acids is 1. The topological polar surface area (TPSA) is 75.7 Å². The van der Waals surface area contributed by atoms with Crippen LogP contribution < -0.4 is 14.4 Å². The Bertz CT molecular complexity index is 1310. The van der Waals surface area contributed by atoms with Crippen molar-refractivity contribution >= 4 is 21.6 Å². The highest BCUT2D eigenvalue weighted by Gasteiger charge is 2.37. The van der Waals surface area contributed by atoms with Crippen molar-refractivity contribution in [2.75, 3.05) is 10.8 Å². The molecule has 0 saturated heterocycles. The molecule has 35 heavy (non-hydrogen) atoms. The van der Waals surface area contributed by atoms with Gasteiger partial charge in [-0.1, -0.05) is 74.9 Å². The highest BCUT2D eigenvalue weighted by Crippen LogP contribution is 2.37. The van der Waals surface area contributed by atoms with E-state index in [2.05, 4.69) is 38.2 Å². The van der Waals surface area contributed by atoms with E-state index in [1.54, 1.807) is 48.5 Å². The van der Waals surface area contributed by atoms with Crippen LogP contribution in [0.4, 0.5) is 5.69 Å². The van der Waals surface area contributed by atoms with Crippen LogP contribution in [0.25, 0.3) is 0 Å². The fourth-order valence-electron chi connectivity index (χ4n) is 4.07. The molecule has 3 aromatic carbocycles. The lowest BCUT2D eigenvalue weighted by atomic mass is 9.86. The molecule has 1 amide bonds. The van der Waals surface area contributed by atoms with E-state index in [0.29, 0.717) is 11.4 Å². The second-order valence-electron chi connectivity index (χ2n) is 10.0. The average molecular weight is 493 g/mol. The van der Waals surface area contributed by atoms with Crippen molar-refractivity contribution < 1.29 is 17.9 Å². The normalized spacial score (nSPS) is 16.7. The minimum atomic E-state index is -3.88. The van der Waals surface area contributed by atoms with Gasteiger partial charge in [-0.05, 0) is 54.7 Å². The fraction of sp³-hybridized carbons (Fsp3) is 0.321. The van der Waals surface area contributed by atoms with Crippen molar-refractivity contribution in [3.8, 4) is 5.75 Å². The van der Waals surface area contributed by atoms with Gasteiger partial charge < -0.3 is 10.1 Å². The number of ether oxygens (including phenoxy) is 1. The number of amides is 1. The van der Waals surface area contributed by atoms with E-state index in [4.69, 9.17) is 4.74 Å². The molecule has 0 unspecified atom stereocenters. The maximum absolute atomic E-state index is 13.5. The quantitative estimate of drug-likeness (QED) is 0.536. The number of rotatable bonds is 5. The Hall–Kier alpha value is -3.32. The van der Waals surface area contributed by atoms with E-state index >= 15 is 0 Å². The van der Waals surface area contributed by atoms with Gasteiger partial charge in [0.1, 0.15) is 5.75 Å². The molecule has 1 N–H and O–H groups in total. The molecule has 1 aliphatic heterocycles. The first kappa shape index (κ1) is 24.8. The van der Waals surface area contributed by atoms with Crippen LogP contribution in [0.15, 0.2) is 77.7 Å². The Morgan fingerprint density at radius 2 is 1.63 bits per heavy atom. The van der Waals surface area contributed by atoms with Crippen molar-refractivity contribution in [1.82, 2.24) is 5.32 Å². The number of nitrogens with one attached hydrogen (secondary N) is 1. The van der Waals surface area contributed by atoms with Crippen LogP contribution in [0.5, 0.6) is 5.75 Å². The monoisotopic (exact) mass is 492 g/mol. The van der Waals surface area contributed by atoms with Gasteiger partial charge in [-0.2, -0.15) is 0 Å². The lowest BCUT2D eigenvalue weighted by Gasteiger charge is -2.35. The summed E-state index contributed by atoms with van der Waals surface area (Å²) < 4.78 is 34.3. The molecular weight excluding hydrogens is 460 g/mol. The first-order chi connectivity index (χ1) is 16.5. The number of sulfonamides is 1. The average Bonchev–Trinajstić information content (AvgIpc) is 2.83. The van der Waals surface area contributed by atoms with Crippen molar-refractivity contribution in [3.63, 3.8) is 0 Å². The van der Waals surface area contributed by atoms with Crippen LogP contribution in [-0.2, 0) is 20.2 Å². The van der Waals surface area contributed by atoms with Crippen LogP contribution in [0.2, 0.25) is 0 Å². The second kappa shape index (κ2) is 9.38. The molecule has 3 aromatic rings. The van der Waals surface area contributed by atoms with Crippen LogP contribution in [0, 0.1) is 6.92 Å². The van der Waals surface area contributed by atoms with Crippen LogP contribution in [-0.4, -0.2) is 27.0 Å². The summed E-state index contributed by atoms with van der Waals surface area (Å²) in [6, 6.07) is 21.5. The fourth-order valence-corrected chi connectivity index (χ4v) is 5.54. The van der Waals surface area contributed by atoms with E-state index in [0.717, 1.165) is 11.1 Å². The molecule has 7 heteroatoms. The molecule has 6 nitrogen and oxygen atoms in total. The largest absolute Gasteiger partial charge is 0.476 e. The van der Waals surface area contributed by atoms with Crippen molar-refractivity contribution in [1.29, 1.82) is 0 Å². The molecule has 0 aliphatic carbocycles. The standard InChI is InChI=1S/C28H32N2O4S/c1-19-10-16-23(17-11-19)35(32,33)30-18-26(34-25-9-7-6-8-24(25)30)27(31)29-20(2)21-12-14-22(15-13-21)28(3,4)5/h6-17,20,26H,18H2,1-5H3,(H,29,31)/t20-,26+/m1/s1. The first-order valence-electron chi connectivity index (χ1n) is 11.7. The molecule has 0 spiro atoms. The van der Waals surface area contributed by atoms with E-state index in [1.165, 1.54) is 9.87 Å². The molecule has 0 saturated carbocycles. The molecule has 0 bridgehead atoms. The van der Waals surface area contributed by atoms with E-state index < -0.39 is 16.1 Å². The zero-order chi connectivity index (χ0) is 25.4. The SMILES string of the molecule is Cc1ccc(S(=O)(=O)N2C[C@@H](C(=O)N[C@H](C)c3ccc(C(C)(C)C)cc3)Oc3ccccc32)cc1. The highest BCUT2D eigenvalue weighted by molar-refractivity contribution is 7.92. The van der Waals surface area contributed by atoms with Crippen molar-refractivity contribution in [3.05, 3.63) is 89.5 Å². The van der Waals surface area contributed by atoms with E-state index in [-0.39, 0.29) is 28.8 Å². The molecule has 0 aromatic heterocycles. The first-order valence-corrected chi connectivity index (χ1v) is 13.2. The second-order valence-corrected chi connectivity index (χ2v) is 11.9. The molecule has 2 atom stereocenters. The van der Waals surface area contributed by atoms with E-state index in [1.807, 2.05) is 26.0 Å². The third kappa shape index (κ3) is 5.20. The Kier molecular flexibility index (Phi) is 6.64. The number of para-hydroxylation sites is 2.